The highest BCUT2D eigenvalue weighted by Gasteiger charge is 2.06. The first-order valence-electron chi connectivity index (χ1n) is 6.67. The number of nitrogens with one attached hydrogen (secondary N) is 1. The molecular weight excluding hydrogens is 236 g/mol. The van der Waals surface area contributed by atoms with Crippen LogP contribution < -0.4 is 5.32 Å². The van der Waals surface area contributed by atoms with Crippen molar-refractivity contribution in [2.45, 2.75) is 20.3 Å². The standard InChI is InChI=1S/C15H20N4/c1-3-16-11-7-8-13(2)15-12-17-18-19(15)14-9-5-4-6-10-14/h4-6,8-10,12,16H,3,7,11H2,1-2H3/b13-8-. The number of para-hydroxylation sites is 1. The Morgan fingerprint density at radius 3 is 2.84 bits per heavy atom. The molecule has 0 atom stereocenters. The molecule has 100 valence electrons. The van der Waals surface area contributed by atoms with Gasteiger partial charge in [-0.1, -0.05) is 36.4 Å². The molecule has 0 saturated carbocycles. The lowest BCUT2D eigenvalue weighted by atomic mass is 10.2. The highest BCUT2D eigenvalue weighted by Crippen LogP contribution is 2.16. The van der Waals surface area contributed by atoms with Crippen molar-refractivity contribution in [3.63, 3.8) is 0 Å². The number of hydrogen-bond acceptors (Lipinski definition) is 3. The van der Waals surface area contributed by atoms with Gasteiger partial charge in [0.25, 0.3) is 0 Å². The molecule has 0 bridgehead atoms. The zero-order chi connectivity index (χ0) is 13.5. The molecule has 1 aromatic carbocycles. The summed E-state index contributed by atoms with van der Waals surface area (Å²) < 4.78 is 1.87. The molecule has 1 N–H and O–H groups in total. The molecule has 0 saturated heterocycles. The highest BCUT2D eigenvalue weighted by molar-refractivity contribution is 5.61. The quantitative estimate of drug-likeness (QED) is 0.808. The predicted molar refractivity (Wildman–Crippen MR) is 78.2 cm³/mol. The van der Waals surface area contributed by atoms with Crippen LogP contribution in [-0.2, 0) is 0 Å². The molecule has 0 radical (unpaired) electrons. The first-order chi connectivity index (χ1) is 9.33. The average Bonchev–Trinajstić information content (AvgIpc) is 2.94. The Kier molecular flexibility index (Phi) is 4.86. The van der Waals surface area contributed by atoms with Gasteiger partial charge in [0, 0.05) is 0 Å². The molecule has 0 aliphatic carbocycles. The van der Waals surface area contributed by atoms with Crippen LogP contribution in [0, 0.1) is 0 Å². The second-order valence-electron chi connectivity index (χ2n) is 4.40. The molecule has 4 heteroatoms. The van der Waals surface area contributed by atoms with E-state index in [2.05, 4.69) is 35.6 Å². The first-order valence-corrected chi connectivity index (χ1v) is 6.67. The third-order valence-corrected chi connectivity index (χ3v) is 2.98. The molecular formula is C15H20N4. The number of benzene rings is 1. The summed E-state index contributed by atoms with van der Waals surface area (Å²) in [4.78, 5) is 0. The van der Waals surface area contributed by atoms with Gasteiger partial charge in [-0.2, -0.15) is 0 Å². The van der Waals surface area contributed by atoms with Crippen molar-refractivity contribution in [3.8, 4) is 5.69 Å². The second kappa shape index (κ2) is 6.85. The number of nitrogens with zero attached hydrogens (tertiary/aromatic N) is 3. The van der Waals surface area contributed by atoms with E-state index in [1.54, 1.807) is 0 Å². The van der Waals surface area contributed by atoms with Crippen LogP contribution in [0.15, 0.2) is 42.6 Å². The van der Waals surface area contributed by atoms with E-state index >= 15 is 0 Å². The van der Waals surface area contributed by atoms with Crippen LogP contribution in [-0.4, -0.2) is 28.1 Å². The Morgan fingerprint density at radius 1 is 1.32 bits per heavy atom. The van der Waals surface area contributed by atoms with E-state index in [-0.39, 0.29) is 0 Å². The van der Waals surface area contributed by atoms with Crippen LogP contribution in [0.5, 0.6) is 0 Å². The van der Waals surface area contributed by atoms with Gasteiger partial charge >= 0.3 is 0 Å². The number of aromatic nitrogens is 3. The van der Waals surface area contributed by atoms with Crippen molar-refractivity contribution in [1.29, 1.82) is 0 Å². The number of rotatable bonds is 6. The van der Waals surface area contributed by atoms with E-state index in [1.165, 1.54) is 5.57 Å². The molecule has 4 nitrogen and oxygen atoms in total. The van der Waals surface area contributed by atoms with Gasteiger partial charge in [0.05, 0.1) is 17.6 Å². The Hall–Kier alpha value is -1.94. The largest absolute Gasteiger partial charge is 0.317 e. The summed E-state index contributed by atoms with van der Waals surface area (Å²) in [5.41, 5.74) is 3.28. The fourth-order valence-corrected chi connectivity index (χ4v) is 1.94. The minimum Gasteiger partial charge on any atom is -0.317 e. The van der Waals surface area contributed by atoms with Crippen molar-refractivity contribution in [2.24, 2.45) is 0 Å². The third-order valence-electron chi connectivity index (χ3n) is 2.98. The van der Waals surface area contributed by atoms with Gasteiger partial charge in [0.15, 0.2) is 0 Å². The first kappa shape index (κ1) is 13.5. The summed E-state index contributed by atoms with van der Waals surface area (Å²) in [5, 5.41) is 11.5. The zero-order valence-corrected chi connectivity index (χ0v) is 11.5. The van der Waals surface area contributed by atoms with E-state index in [1.807, 2.05) is 41.2 Å². The lowest BCUT2D eigenvalue weighted by Gasteiger charge is -2.06. The Bertz CT molecular complexity index is 528. The fraction of sp³-hybridized carbons (Fsp3) is 0.333. The smallest absolute Gasteiger partial charge is 0.0897 e. The molecule has 0 fully saturated rings. The minimum atomic E-state index is 1.00. The fourth-order valence-electron chi connectivity index (χ4n) is 1.94. The molecule has 2 rings (SSSR count). The maximum atomic E-state index is 4.16. The molecule has 0 spiro atoms. The highest BCUT2D eigenvalue weighted by atomic mass is 15.4. The summed E-state index contributed by atoms with van der Waals surface area (Å²) in [6, 6.07) is 10.1. The third kappa shape index (κ3) is 3.51. The normalized spacial score (nSPS) is 11.8. The van der Waals surface area contributed by atoms with Crippen molar-refractivity contribution in [3.05, 3.63) is 48.3 Å². The molecule has 1 aromatic heterocycles. The minimum absolute atomic E-state index is 1.00. The molecule has 2 aromatic rings. The van der Waals surface area contributed by atoms with Crippen LogP contribution in [0.4, 0.5) is 0 Å². The monoisotopic (exact) mass is 256 g/mol. The Balaban J connectivity index is 2.15. The molecule has 0 aliphatic heterocycles. The lowest BCUT2D eigenvalue weighted by molar-refractivity contribution is 0.726. The summed E-state index contributed by atoms with van der Waals surface area (Å²) in [5.74, 6) is 0. The summed E-state index contributed by atoms with van der Waals surface area (Å²) in [7, 11) is 0. The molecule has 0 amide bonds. The van der Waals surface area contributed by atoms with E-state index in [0.29, 0.717) is 0 Å². The maximum absolute atomic E-state index is 4.16. The van der Waals surface area contributed by atoms with Crippen LogP contribution in [0.1, 0.15) is 26.0 Å². The lowest BCUT2D eigenvalue weighted by Crippen LogP contribution is -2.13. The number of allylic oxidation sites excluding steroid dienone is 1. The SMILES string of the molecule is CCNCC/C=C(/C)c1cnnn1-c1ccccc1. The Labute approximate surface area is 114 Å². The van der Waals surface area contributed by atoms with Gasteiger partial charge in [0.1, 0.15) is 0 Å². The molecule has 0 unspecified atom stereocenters. The van der Waals surface area contributed by atoms with Gasteiger partial charge in [0.2, 0.25) is 0 Å². The second-order valence-corrected chi connectivity index (χ2v) is 4.40. The van der Waals surface area contributed by atoms with Crippen molar-refractivity contribution < 1.29 is 0 Å². The Morgan fingerprint density at radius 2 is 2.11 bits per heavy atom. The van der Waals surface area contributed by atoms with Gasteiger partial charge < -0.3 is 5.32 Å². The van der Waals surface area contributed by atoms with Crippen molar-refractivity contribution in [1.82, 2.24) is 20.3 Å². The average molecular weight is 256 g/mol. The predicted octanol–water partition coefficient (Wildman–Crippen LogP) is 2.67. The van der Waals surface area contributed by atoms with Crippen LogP contribution in [0.3, 0.4) is 0 Å². The van der Waals surface area contributed by atoms with Gasteiger partial charge in [-0.3, -0.25) is 0 Å². The number of hydrogen-bond donors (Lipinski definition) is 1. The van der Waals surface area contributed by atoms with Crippen molar-refractivity contribution >= 4 is 5.57 Å². The topological polar surface area (TPSA) is 42.7 Å². The summed E-state index contributed by atoms with van der Waals surface area (Å²) >= 11 is 0. The zero-order valence-electron chi connectivity index (χ0n) is 11.5. The van der Waals surface area contributed by atoms with E-state index in [0.717, 1.165) is 30.9 Å². The summed E-state index contributed by atoms with van der Waals surface area (Å²) in [6.45, 7) is 6.23. The van der Waals surface area contributed by atoms with E-state index in [9.17, 15) is 0 Å². The summed E-state index contributed by atoms with van der Waals surface area (Å²) in [6.07, 6.45) is 5.05. The van der Waals surface area contributed by atoms with E-state index < -0.39 is 0 Å². The molecule has 19 heavy (non-hydrogen) atoms. The van der Waals surface area contributed by atoms with Gasteiger partial charge in [-0.15, -0.1) is 5.10 Å². The van der Waals surface area contributed by atoms with Crippen LogP contribution in [0.25, 0.3) is 11.3 Å². The van der Waals surface area contributed by atoms with Crippen LogP contribution in [0.2, 0.25) is 0 Å². The van der Waals surface area contributed by atoms with Crippen LogP contribution >= 0.6 is 0 Å². The molecule has 0 aliphatic rings. The van der Waals surface area contributed by atoms with Gasteiger partial charge in [-0.25, -0.2) is 4.68 Å². The van der Waals surface area contributed by atoms with Crippen molar-refractivity contribution in [2.75, 3.05) is 13.1 Å². The van der Waals surface area contributed by atoms with E-state index in [4.69, 9.17) is 0 Å². The maximum Gasteiger partial charge on any atom is 0.0897 e. The van der Waals surface area contributed by atoms with Gasteiger partial charge in [-0.05, 0) is 44.1 Å². The molecule has 1 heterocycles.